The molecule has 0 bridgehead atoms. The zero-order valence-electron chi connectivity index (χ0n) is 17.5. The molecule has 0 saturated carbocycles. The maximum atomic E-state index is 6.25. The fourth-order valence-corrected chi connectivity index (χ4v) is 4.09. The van der Waals surface area contributed by atoms with Gasteiger partial charge in [0.2, 0.25) is 0 Å². The Kier molecular flexibility index (Phi) is 9.54. The molecular weight excluding hydrogens is 388 g/mol. The number of nitrogens with zero attached hydrogens (tertiary/aromatic N) is 2. The van der Waals surface area contributed by atoms with Crippen molar-refractivity contribution in [1.29, 1.82) is 0 Å². The number of likely N-dealkylation sites (tertiary alicyclic amines) is 1. The first-order valence-corrected chi connectivity index (χ1v) is 11.3. The highest BCUT2D eigenvalue weighted by Gasteiger charge is 2.23. The van der Waals surface area contributed by atoms with Gasteiger partial charge >= 0.3 is 0 Å². The van der Waals surface area contributed by atoms with Crippen molar-refractivity contribution in [3.8, 4) is 0 Å². The van der Waals surface area contributed by atoms with E-state index >= 15 is 0 Å². The van der Waals surface area contributed by atoms with Crippen LogP contribution in [0.3, 0.4) is 0 Å². The lowest BCUT2D eigenvalue weighted by Gasteiger charge is -2.27. The lowest BCUT2D eigenvalue weighted by atomic mass is 10.1. The van der Waals surface area contributed by atoms with Crippen LogP contribution in [0.4, 0.5) is 0 Å². The van der Waals surface area contributed by atoms with Crippen LogP contribution >= 0.6 is 11.6 Å². The third kappa shape index (κ3) is 7.45. The highest BCUT2D eigenvalue weighted by Crippen LogP contribution is 2.27. The third-order valence-corrected chi connectivity index (χ3v) is 5.67. The van der Waals surface area contributed by atoms with E-state index in [0.29, 0.717) is 6.54 Å². The van der Waals surface area contributed by atoms with Gasteiger partial charge in [-0.2, -0.15) is 0 Å². The molecular formula is C22H35ClN4O2. The average Bonchev–Trinajstić information content (AvgIpc) is 3.42. The lowest BCUT2D eigenvalue weighted by molar-refractivity contribution is 0.0420. The van der Waals surface area contributed by atoms with Crippen molar-refractivity contribution in [3.63, 3.8) is 0 Å². The van der Waals surface area contributed by atoms with Gasteiger partial charge in [-0.25, -0.2) is 0 Å². The summed E-state index contributed by atoms with van der Waals surface area (Å²) < 4.78 is 11.2. The van der Waals surface area contributed by atoms with Crippen molar-refractivity contribution in [2.24, 2.45) is 4.99 Å². The van der Waals surface area contributed by atoms with Crippen LogP contribution in [0.5, 0.6) is 0 Å². The van der Waals surface area contributed by atoms with Crippen molar-refractivity contribution in [1.82, 2.24) is 15.5 Å². The van der Waals surface area contributed by atoms with Gasteiger partial charge < -0.3 is 20.1 Å². The smallest absolute Gasteiger partial charge is 0.191 e. The molecule has 2 atom stereocenters. The zero-order valence-corrected chi connectivity index (χ0v) is 18.3. The van der Waals surface area contributed by atoms with Gasteiger partial charge in [-0.1, -0.05) is 23.7 Å². The highest BCUT2D eigenvalue weighted by atomic mass is 35.5. The Hall–Kier alpha value is -1.34. The topological polar surface area (TPSA) is 58.1 Å². The second kappa shape index (κ2) is 12.4. The minimum atomic E-state index is 0.261. The van der Waals surface area contributed by atoms with Gasteiger partial charge in [0.15, 0.2) is 5.96 Å². The largest absolute Gasteiger partial charge is 0.379 e. The molecule has 162 valence electrons. The minimum Gasteiger partial charge on any atom is -0.379 e. The van der Waals surface area contributed by atoms with Gasteiger partial charge in [0.25, 0.3) is 0 Å². The predicted octanol–water partition coefficient (Wildman–Crippen LogP) is 3.23. The summed E-state index contributed by atoms with van der Waals surface area (Å²) in [6.07, 6.45) is 4.75. The molecule has 1 aromatic rings. The van der Waals surface area contributed by atoms with Crippen molar-refractivity contribution >= 4 is 17.6 Å². The van der Waals surface area contributed by atoms with E-state index in [-0.39, 0.29) is 12.1 Å². The first-order chi connectivity index (χ1) is 14.3. The van der Waals surface area contributed by atoms with E-state index in [9.17, 15) is 0 Å². The molecule has 0 radical (unpaired) electrons. The van der Waals surface area contributed by atoms with E-state index in [0.717, 1.165) is 69.8 Å². The fourth-order valence-electron chi connectivity index (χ4n) is 3.89. The van der Waals surface area contributed by atoms with E-state index in [4.69, 9.17) is 26.1 Å². The molecule has 6 nitrogen and oxygen atoms in total. The average molecular weight is 423 g/mol. The number of nitrogens with one attached hydrogen (secondary N) is 2. The molecule has 29 heavy (non-hydrogen) atoms. The van der Waals surface area contributed by atoms with Crippen molar-refractivity contribution in [2.45, 2.75) is 44.8 Å². The minimum absolute atomic E-state index is 0.261. The number of hydrogen-bond acceptors (Lipinski definition) is 4. The van der Waals surface area contributed by atoms with Gasteiger partial charge in [-0.3, -0.25) is 9.89 Å². The molecule has 1 aromatic carbocycles. The Labute approximate surface area is 180 Å². The summed E-state index contributed by atoms with van der Waals surface area (Å²) >= 11 is 6.25. The van der Waals surface area contributed by atoms with Crippen LogP contribution in [0.15, 0.2) is 29.3 Å². The first-order valence-electron chi connectivity index (χ1n) is 11.0. The zero-order chi connectivity index (χ0) is 20.3. The van der Waals surface area contributed by atoms with Crippen LogP contribution in [-0.4, -0.2) is 69.5 Å². The van der Waals surface area contributed by atoms with Gasteiger partial charge in [0.05, 0.1) is 25.3 Å². The van der Waals surface area contributed by atoms with E-state index < -0.39 is 0 Å². The summed E-state index contributed by atoms with van der Waals surface area (Å²) in [5.41, 5.74) is 1.24. The Bertz CT molecular complexity index is 631. The van der Waals surface area contributed by atoms with Crippen LogP contribution in [-0.2, 0) is 9.47 Å². The molecule has 3 rings (SSSR count). The second-order valence-corrected chi connectivity index (χ2v) is 8.11. The van der Waals surface area contributed by atoms with E-state index in [1.807, 2.05) is 12.1 Å². The Balaban J connectivity index is 1.52. The third-order valence-electron chi connectivity index (χ3n) is 5.44. The van der Waals surface area contributed by atoms with E-state index in [2.05, 4.69) is 34.6 Å². The van der Waals surface area contributed by atoms with Gasteiger partial charge in [0.1, 0.15) is 0 Å². The quantitative estimate of drug-likeness (QED) is 0.344. The Morgan fingerprint density at radius 3 is 2.93 bits per heavy atom. The number of halogens is 1. The molecule has 2 N–H and O–H groups in total. The van der Waals surface area contributed by atoms with Crippen LogP contribution in [0.25, 0.3) is 0 Å². The number of benzene rings is 1. The second-order valence-electron chi connectivity index (χ2n) is 7.67. The SMILES string of the molecule is CCNC(=NCC(c1cccc(Cl)c1)N1CCCC1)NCCCOC1CCOC1. The van der Waals surface area contributed by atoms with E-state index in [1.54, 1.807) is 0 Å². The number of aliphatic imine (C=N–C) groups is 1. The van der Waals surface area contributed by atoms with Gasteiger partial charge in [-0.05, 0) is 63.4 Å². The number of guanidine groups is 1. The van der Waals surface area contributed by atoms with E-state index in [1.165, 1.54) is 18.4 Å². The molecule has 0 aliphatic carbocycles. The maximum Gasteiger partial charge on any atom is 0.191 e. The number of hydrogen-bond donors (Lipinski definition) is 2. The summed E-state index contributed by atoms with van der Waals surface area (Å²) in [5.74, 6) is 0.864. The van der Waals surface area contributed by atoms with Gasteiger partial charge in [0, 0.05) is 31.3 Å². The summed E-state index contributed by atoms with van der Waals surface area (Å²) in [4.78, 5) is 7.41. The lowest BCUT2D eigenvalue weighted by Crippen LogP contribution is -2.39. The van der Waals surface area contributed by atoms with Crippen LogP contribution in [0.2, 0.25) is 5.02 Å². The Morgan fingerprint density at radius 2 is 2.21 bits per heavy atom. The molecule has 2 unspecified atom stereocenters. The molecule has 0 spiro atoms. The highest BCUT2D eigenvalue weighted by molar-refractivity contribution is 6.30. The number of rotatable bonds is 10. The maximum absolute atomic E-state index is 6.25. The summed E-state index contributed by atoms with van der Waals surface area (Å²) in [6, 6.07) is 8.46. The standard InChI is InChI=1S/C22H35ClN4O2/c1-2-24-22(25-10-6-13-29-20-9-14-28-17-20)26-16-21(27-11-3-4-12-27)18-7-5-8-19(23)15-18/h5,7-8,15,20-21H,2-4,6,9-14,16-17H2,1H3,(H2,24,25,26). The molecule has 2 aliphatic heterocycles. The monoisotopic (exact) mass is 422 g/mol. The fraction of sp³-hybridized carbons (Fsp3) is 0.682. The molecule has 7 heteroatoms. The molecule has 2 heterocycles. The first kappa shape index (κ1) is 22.3. The van der Waals surface area contributed by atoms with Crippen molar-refractivity contribution in [3.05, 3.63) is 34.9 Å². The predicted molar refractivity (Wildman–Crippen MR) is 119 cm³/mol. The van der Waals surface area contributed by atoms with Crippen LogP contribution in [0, 0.1) is 0 Å². The van der Waals surface area contributed by atoms with Gasteiger partial charge in [-0.15, -0.1) is 0 Å². The summed E-state index contributed by atoms with van der Waals surface area (Å²) in [6.45, 7) is 9.04. The summed E-state index contributed by atoms with van der Waals surface area (Å²) in [5, 5.41) is 7.58. The van der Waals surface area contributed by atoms with Crippen molar-refractivity contribution in [2.75, 3.05) is 52.5 Å². The van der Waals surface area contributed by atoms with Crippen LogP contribution < -0.4 is 10.6 Å². The van der Waals surface area contributed by atoms with Crippen molar-refractivity contribution < 1.29 is 9.47 Å². The molecule has 2 fully saturated rings. The summed E-state index contributed by atoms with van der Waals surface area (Å²) in [7, 11) is 0. The Morgan fingerprint density at radius 1 is 1.34 bits per heavy atom. The molecule has 0 aromatic heterocycles. The molecule has 2 saturated heterocycles. The molecule has 0 amide bonds. The molecule has 2 aliphatic rings. The number of ether oxygens (including phenoxy) is 2. The van der Waals surface area contributed by atoms with Crippen LogP contribution in [0.1, 0.15) is 44.2 Å². The normalized spacial score (nSPS) is 21.4.